The minimum Gasteiger partial charge on any atom is -0.351 e. The number of hydrogen-bond donors (Lipinski definition) is 0. The van der Waals surface area contributed by atoms with Gasteiger partial charge in [0.2, 0.25) is 0 Å². The highest BCUT2D eigenvalue weighted by Crippen LogP contribution is 2.29. The zero-order valence-corrected chi connectivity index (χ0v) is 12.4. The maximum Gasteiger partial charge on any atom is 0.0630 e. The highest BCUT2D eigenvalue weighted by molar-refractivity contribution is 9.10. The van der Waals surface area contributed by atoms with E-state index in [9.17, 15) is 0 Å². The predicted molar refractivity (Wildman–Crippen MR) is 83.3 cm³/mol. The van der Waals surface area contributed by atoms with Gasteiger partial charge >= 0.3 is 0 Å². The van der Waals surface area contributed by atoms with Crippen LogP contribution in [0.1, 0.15) is 37.3 Å². The molecular formula is C16H17BrN2. The van der Waals surface area contributed by atoms with Crippen LogP contribution in [0.25, 0.3) is 0 Å². The SMILES string of the molecule is Brc1ccc(N=Cc2ccn(C3CCCC3)c2)cc1. The number of aliphatic imine (C=N–C) groups is 1. The lowest BCUT2D eigenvalue weighted by atomic mass is 10.2. The standard InChI is InChI=1S/C16H17BrN2/c17-14-5-7-15(8-6-14)18-11-13-9-10-19(12-13)16-3-1-2-4-16/h5-12,16H,1-4H2. The quantitative estimate of drug-likeness (QED) is 0.700. The maximum atomic E-state index is 4.50. The van der Waals surface area contributed by atoms with Gasteiger partial charge in [-0.2, -0.15) is 0 Å². The van der Waals surface area contributed by atoms with E-state index in [0.29, 0.717) is 6.04 Å². The van der Waals surface area contributed by atoms with Gasteiger partial charge in [0, 0.05) is 34.7 Å². The van der Waals surface area contributed by atoms with Crippen molar-refractivity contribution >= 4 is 27.8 Å². The van der Waals surface area contributed by atoms with Crippen LogP contribution in [0, 0.1) is 0 Å². The summed E-state index contributed by atoms with van der Waals surface area (Å²) >= 11 is 3.43. The van der Waals surface area contributed by atoms with E-state index >= 15 is 0 Å². The summed E-state index contributed by atoms with van der Waals surface area (Å²) in [5.74, 6) is 0. The third kappa shape index (κ3) is 3.16. The lowest BCUT2D eigenvalue weighted by Gasteiger charge is -2.10. The normalized spacial score (nSPS) is 16.5. The molecule has 1 aliphatic rings. The van der Waals surface area contributed by atoms with Crippen molar-refractivity contribution in [1.82, 2.24) is 4.57 Å². The van der Waals surface area contributed by atoms with Gasteiger partial charge in [-0.3, -0.25) is 4.99 Å². The topological polar surface area (TPSA) is 17.3 Å². The van der Waals surface area contributed by atoms with Gasteiger partial charge in [-0.25, -0.2) is 0 Å². The summed E-state index contributed by atoms with van der Waals surface area (Å²) in [5, 5.41) is 0. The molecular weight excluding hydrogens is 300 g/mol. The third-order valence-corrected chi connectivity index (χ3v) is 4.20. The molecule has 1 saturated carbocycles. The molecule has 1 aliphatic carbocycles. The summed E-state index contributed by atoms with van der Waals surface area (Å²) in [7, 11) is 0. The average molecular weight is 317 g/mol. The summed E-state index contributed by atoms with van der Waals surface area (Å²) < 4.78 is 3.43. The van der Waals surface area contributed by atoms with Crippen molar-refractivity contribution in [3.05, 3.63) is 52.8 Å². The highest BCUT2D eigenvalue weighted by atomic mass is 79.9. The molecule has 1 aromatic carbocycles. The minimum atomic E-state index is 0.704. The van der Waals surface area contributed by atoms with Crippen molar-refractivity contribution in [3.8, 4) is 0 Å². The van der Waals surface area contributed by atoms with Gasteiger partial charge in [0.05, 0.1) is 5.69 Å². The molecule has 0 N–H and O–H groups in total. The first-order chi connectivity index (χ1) is 9.31. The Kier molecular flexibility index (Phi) is 3.83. The first-order valence-electron chi connectivity index (χ1n) is 6.78. The molecule has 2 nitrogen and oxygen atoms in total. The van der Waals surface area contributed by atoms with Crippen LogP contribution in [-0.4, -0.2) is 10.8 Å². The van der Waals surface area contributed by atoms with E-state index in [1.165, 1.54) is 31.2 Å². The van der Waals surface area contributed by atoms with Crippen molar-refractivity contribution in [2.75, 3.05) is 0 Å². The van der Waals surface area contributed by atoms with Gasteiger partial charge in [0.15, 0.2) is 0 Å². The van der Waals surface area contributed by atoms with E-state index < -0.39 is 0 Å². The van der Waals surface area contributed by atoms with Gasteiger partial charge in [-0.05, 0) is 43.2 Å². The maximum absolute atomic E-state index is 4.50. The Morgan fingerprint density at radius 2 is 1.84 bits per heavy atom. The second-order valence-electron chi connectivity index (χ2n) is 5.06. The second kappa shape index (κ2) is 5.74. The van der Waals surface area contributed by atoms with E-state index in [-0.39, 0.29) is 0 Å². The number of halogens is 1. The molecule has 0 spiro atoms. The van der Waals surface area contributed by atoms with Crippen LogP contribution in [0.4, 0.5) is 5.69 Å². The molecule has 2 aromatic rings. The summed E-state index contributed by atoms with van der Waals surface area (Å²) in [4.78, 5) is 4.50. The fourth-order valence-corrected chi connectivity index (χ4v) is 2.88. The fraction of sp³-hybridized carbons (Fsp3) is 0.312. The third-order valence-electron chi connectivity index (χ3n) is 3.67. The first kappa shape index (κ1) is 12.7. The Balaban J connectivity index is 1.71. The van der Waals surface area contributed by atoms with Crippen LogP contribution in [0.2, 0.25) is 0 Å². The van der Waals surface area contributed by atoms with Crippen LogP contribution in [-0.2, 0) is 0 Å². The fourth-order valence-electron chi connectivity index (χ4n) is 2.61. The van der Waals surface area contributed by atoms with Gasteiger partial charge in [-0.1, -0.05) is 28.8 Å². The monoisotopic (exact) mass is 316 g/mol. The highest BCUT2D eigenvalue weighted by Gasteiger charge is 2.15. The smallest absolute Gasteiger partial charge is 0.0630 e. The lowest BCUT2D eigenvalue weighted by Crippen LogP contribution is -2.00. The molecule has 3 rings (SSSR count). The summed E-state index contributed by atoms with van der Waals surface area (Å²) in [6.45, 7) is 0. The molecule has 98 valence electrons. The van der Waals surface area contributed by atoms with Gasteiger partial charge in [0.25, 0.3) is 0 Å². The van der Waals surface area contributed by atoms with E-state index in [0.717, 1.165) is 10.2 Å². The van der Waals surface area contributed by atoms with Crippen molar-refractivity contribution in [3.63, 3.8) is 0 Å². The molecule has 0 radical (unpaired) electrons. The number of nitrogens with zero attached hydrogens (tertiary/aromatic N) is 2. The Morgan fingerprint density at radius 1 is 1.11 bits per heavy atom. The number of aromatic nitrogens is 1. The Labute approximate surface area is 122 Å². The first-order valence-corrected chi connectivity index (χ1v) is 7.58. The molecule has 0 atom stereocenters. The Hall–Kier alpha value is -1.35. The summed E-state index contributed by atoms with van der Waals surface area (Å²) in [6.07, 6.45) is 11.7. The van der Waals surface area contributed by atoms with E-state index in [2.05, 4.69) is 43.9 Å². The van der Waals surface area contributed by atoms with Crippen LogP contribution in [0.5, 0.6) is 0 Å². The van der Waals surface area contributed by atoms with Crippen LogP contribution in [0.3, 0.4) is 0 Å². The number of benzene rings is 1. The lowest BCUT2D eigenvalue weighted by molar-refractivity contribution is 0.521. The Morgan fingerprint density at radius 3 is 2.58 bits per heavy atom. The second-order valence-corrected chi connectivity index (χ2v) is 5.98. The molecule has 0 amide bonds. The van der Waals surface area contributed by atoms with Gasteiger partial charge in [-0.15, -0.1) is 0 Å². The summed E-state index contributed by atoms with van der Waals surface area (Å²) in [6, 6.07) is 10.9. The molecule has 3 heteroatoms. The predicted octanol–water partition coefficient (Wildman–Crippen LogP) is 5.12. The van der Waals surface area contributed by atoms with Crippen molar-refractivity contribution in [2.45, 2.75) is 31.7 Å². The van der Waals surface area contributed by atoms with Crippen LogP contribution in [0.15, 0.2) is 52.2 Å². The molecule has 0 saturated heterocycles. The number of hydrogen-bond acceptors (Lipinski definition) is 1. The average Bonchev–Trinajstić information content (AvgIpc) is 3.09. The van der Waals surface area contributed by atoms with Gasteiger partial charge < -0.3 is 4.57 Å². The molecule has 0 bridgehead atoms. The van der Waals surface area contributed by atoms with E-state index in [4.69, 9.17) is 0 Å². The molecule has 1 heterocycles. The van der Waals surface area contributed by atoms with Gasteiger partial charge in [0.1, 0.15) is 0 Å². The Bertz CT molecular complexity index is 563. The van der Waals surface area contributed by atoms with Crippen molar-refractivity contribution in [2.24, 2.45) is 4.99 Å². The van der Waals surface area contributed by atoms with Crippen molar-refractivity contribution in [1.29, 1.82) is 0 Å². The van der Waals surface area contributed by atoms with E-state index in [1.807, 2.05) is 30.5 Å². The number of rotatable bonds is 3. The van der Waals surface area contributed by atoms with Crippen LogP contribution >= 0.6 is 15.9 Å². The molecule has 1 aromatic heterocycles. The minimum absolute atomic E-state index is 0.704. The molecule has 19 heavy (non-hydrogen) atoms. The molecule has 0 unspecified atom stereocenters. The zero-order chi connectivity index (χ0) is 13.1. The molecule has 0 aliphatic heterocycles. The van der Waals surface area contributed by atoms with Crippen LogP contribution < -0.4 is 0 Å². The van der Waals surface area contributed by atoms with Crippen molar-refractivity contribution < 1.29 is 0 Å². The largest absolute Gasteiger partial charge is 0.351 e. The van der Waals surface area contributed by atoms with E-state index in [1.54, 1.807) is 0 Å². The molecule has 1 fully saturated rings. The zero-order valence-electron chi connectivity index (χ0n) is 10.8. The summed E-state index contributed by atoms with van der Waals surface area (Å²) in [5.41, 5.74) is 2.16.